The van der Waals surface area contributed by atoms with Crippen molar-refractivity contribution in [2.45, 2.75) is 6.92 Å². The van der Waals surface area contributed by atoms with Crippen molar-refractivity contribution in [3.05, 3.63) is 47.8 Å². The number of carbonyl (C=O) groups is 2. The van der Waals surface area contributed by atoms with E-state index in [0.29, 0.717) is 22.6 Å². The van der Waals surface area contributed by atoms with Gasteiger partial charge in [0.25, 0.3) is 5.91 Å². The van der Waals surface area contributed by atoms with Crippen molar-refractivity contribution in [3.8, 4) is 17.2 Å². The molecule has 0 bridgehead atoms. The summed E-state index contributed by atoms with van der Waals surface area (Å²) < 4.78 is 15.6. The highest BCUT2D eigenvalue weighted by Gasteiger charge is 2.15. The number of rotatable bonds is 6. The van der Waals surface area contributed by atoms with Crippen LogP contribution >= 0.6 is 0 Å². The Morgan fingerprint density at radius 1 is 1.14 bits per heavy atom. The number of hydrazone groups is 1. The molecule has 0 aliphatic heterocycles. The van der Waals surface area contributed by atoms with Gasteiger partial charge in [0.15, 0.2) is 11.5 Å². The molecule has 28 heavy (non-hydrogen) atoms. The molecule has 0 fully saturated rings. The van der Waals surface area contributed by atoms with Crippen LogP contribution in [0.4, 0.5) is 0 Å². The summed E-state index contributed by atoms with van der Waals surface area (Å²) in [5, 5.41) is 3.96. The molecule has 2 aromatic carbocycles. The third-order valence-corrected chi connectivity index (χ3v) is 3.79. The lowest BCUT2D eigenvalue weighted by atomic mass is 10.2. The summed E-state index contributed by atoms with van der Waals surface area (Å²) >= 11 is 0. The summed E-state index contributed by atoms with van der Waals surface area (Å²) in [4.78, 5) is 30.6. The number of ether oxygens (including phenoxy) is 3. The number of nitrogens with one attached hydrogen (secondary N) is 2. The molecule has 0 spiro atoms. The second-order valence-corrected chi connectivity index (χ2v) is 5.68. The molecular formula is C19H18N4O5. The first-order valence-electron chi connectivity index (χ1n) is 8.22. The van der Waals surface area contributed by atoms with Gasteiger partial charge in [-0.25, -0.2) is 10.4 Å². The molecule has 0 aliphatic carbocycles. The topological polar surface area (TPSA) is 115 Å². The monoisotopic (exact) mass is 382 g/mol. The van der Waals surface area contributed by atoms with E-state index >= 15 is 0 Å². The number of aromatic nitrogens is 2. The second-order valence-electron chi connectivity index (χ2n) is 5.68. The molecular weight excluding hydrogens is 364 g/mol. The van der Waals surface area contributed by atoms with Crippen molar-refractivity contribution in [2.24, 2.45) is 5.10 Å². The molecule has 0 unspecified atom stereocenters. The second kappa shape index (κ2) is 8.21. The molecule has 1 aromatic heterocycles. The number of imidazole rings is 1. The number of nitrogens with zero attached hydrogens (tertiary/aromatic N) is 2. The molecule has 0 radical (unpaired) electrons. The fourth-order valence-corrected chi connectivity index (χ4v) is 2.53. The molecule has 0 aliphatic rings. The molecule has 9 nitrogen and oxygen atoms in total. The van der Waals surface area contributed by atoms with Gasteiger partial charge in [-0.1, -0.05) is 0 Å². The largest absolute Gasteiger partial charge is 0.493 e. The number of amides is 1. The van der Waals surface area contributed by atoms with Crippen LogP contribution in [0.3, 0.4) is 0 Å². The minimum Gasteiger partial charge on any atom is -0.493 e. The third-order valence-electron chi connectivity index (χ3n) is 3.79. The molecule has 2 N–H and O–H groups in total. The lowest BCUT2D eigenvalue weighted by Gasteiger charge is -2.13. The zero-order valence-corrected chi connectivity index (χ0v) is 15.5. The van der Waals surface area contributed by atoms with E-state index in [-0.39, 0.29) is 11.7 Å². The number of esters is 1. The van der Waals surface area contributed by atoms with Crippen molar-refractivity contribution >= 4 is 29.1 Å². The minimum absolute atomic E-state index is 0.173. The van der Waals surface area contributed by atoms with Gasteiger partial charge in [0.2, 0.25) is 5.75 Å². The van der Waals surface area contributed by atoms with E-state index in [4.69, 9.17) is 14.2 Å². The molecule has 1 heterocycles. The Bertz CT molecular complexity index is 1030. The zero-order valence-electron chi connectivity index (χ0n) is 15.5. The van der Waals surface area contributed by atoms with Gasteiger partial charge in [-0.05, 0) is 30.3 Å². The lowest BCUT2D eigenvalue weighted by molar-refractivity contribution is -0.132. The molecule has 9 heteroatoms. The van der Waals surface area contributed by atoms with Crippen LogP contribution in [0.1, 0.15) is 22.8 Å². The number of methoxy groups -OCH3 is 2. The number of fused-ring (bicyclic) bond motifs is 1. The normalized spacial score (nSPS) is 10.8. The average molecular weight is 382 g/mol. The number of hydrogen-bond donors (Lipinski definition) is 2. The van der Waals surface area contributed by atoms with Crippen molar-refractivity contribution in [3.63, 3.8) is 0 Å². The fourth-order valence-electron chi connectivity index (χ4n) is 2.53. The minimum atomic E-state index is -0.500. The Balaban J connectivity index is 1.77. The maximum Gasteiger partial charge on any atom is 0.308 e. The van der Waals surface area contributed by atoms with Gasteiger partial charge < -0.3 is 19.2 Å². The summed E-state index contributed by atoms with van der Waals surface area (Å²) in [5.74, 6) is -0.103. The standard InChI is InChI=1S/C19H18N4O5/c1-11(24)28-18-16(26-2)6-12(7-17(18)27-3)9-22-23-19(25)13-4-5-14-15(8-13)21-10-20-14/h4-10H,1-3H3,(H,20,21)(H,23,25)/b22-9+. The van der Waals surface area contributed by atoms with Gasteiger partial charge in [0, 0.05) is 18.1 Å². The van der Waals surface area contributed by atoms with Crippen LogP contribution in [0.25, 0.3) is 11.0 Å². The maximum atomic E-state index is 12.3. The third kappa shape index (κ3) is 4.09. The molecule has 0 saturated heterocycles. The van der Waals surface area contributed by atoms with Gasteiger partial charge >= 0.3 is 5.97 Å². The van der Waals surface area contributed by atoms with Gasteiger partial charge in [0.05, 0.1) is 37.8 Å². The summed E-state index contributed by atoms with van der Waals surface area (Å²) in [7, 11) is 2.88. The van der Waals surface area contributed by atoms with E-state index < -0.39 is 5.97 Å². The predicted molar refractivity (Wildman–Crippen MR) is 102 cm³/mol. The van der Waals surface area contributed by atoms with Crippen molar-refractivity contribution in [1.82, 2.24) is 15.4 Å². The van der Waals surface area contributed by atoms with E-state index in [2.05, 4.69) is 20.5 Å². The first kappa shape index (κ1) is 18.9. The Kier molecular flexibility index (Phi) is 5.54. The zero-order chi connectivity index (χ0) is 20.1. The molecule has 3 aromatic rings. The smallest absolute Gasteiger partial charge is 0.308 e. The number of aromatic amines is 1. The van der Waals surface area contributed by atoms with Crippen LogP contribution in [0.2, 0.25) is 0 Å². The van der Waals surface area contributed by atoms with Crippen LogP contribution in [0.15, 0.2) is 41.8 Å². The average Bonchev–Trinajstić information content (AvgIpc) is 3.16. The quantitative estimate of drug-likeness (QED) is 0.292. The van der Waals surface area contributed by atoms with Gasteiger partial charge in [-0.2, -0.15) is 5.10 Å². The van der Waals surface area contributed by atoms with Gasteiger partial charge in [-0.3, -0.25) is 9.59 Å². The Labute approximate surface area is 160 Å². The van der Waals surface area contributed by atoms with Crippen molar-refractivity contribution in [2.75, 3.05) is 14.2 Å². The first-order valence-corrected chi connectivity index (χ1v) is 8.22. The van der Waals surface area contributed by atoms with Gasteiger partial charge in [-0.15, -0.1) is 0 Å². The lowest BCUT2D eigenvalue weighted by Crippen LogP contribution is -2.17. The predicted octanol–water partition coefficient (Wildman–Crippen LogP) is 2.27. The number of H-pyrrole nitrogens is 1. The molecule has 0 saturated carbocycles. The first-order chi connectivity index (χ1) is 13.5. The number of hydrogen-bond acceptors (Lipinski definition) is 7. The van der Waals surface area contributed by atoms with E-state index in [1.54, 1.807) is 36.7 Å². The van der Waals surface area contributed by atoms with E-state index in [9.17, 15) is 9.59 Å². The Morgan fingerprint density at radius 3 is 2.50 bits per heavy atom. The fraction of sp³-hybridized carbons (Fsp3) is 0.158. The van der Waals surface area contributed by atoms with E-state index in [0.717, 1.165) is 11.0 Å². The number of carbonyl (C=O) groups excluding carboxylic acids is 2. The van der Waals surface area contributed by atoms with Crippen LogP contribution in [0.5, 0.6) is 17.2 Å². The van der Waals surface area contributed by atoms with E-state index in [1.165, 1.54) is 27.4 Å². The highest BCUT2D eigenvalue weighted by atomic mass is 16.6. The summed E-state index contributed by atoms with van der Waals surface area (Å²) in [6, 6.07) is 8.30. The molecule has 0 atom stereocenters. The van der Waals surface area contributed by atoms with Crippen LogP contribution in [-0.4, -0.2) is 42.3 Å². The molecule has 144 valence electrons. The molecule has 3 rings (SSSR count). The SMILES string of the molecule is COc1cc(/C=N/NC(=O)c2ccc3nc[nH]c3c2)cc(OC)c1OC(C)=O. The number of benzene rings is 2. The Morgan fingerprint density at radius 2 is 1.86 bits per heavy atom. The van der Waals surface area contributed by atoms with Crippen LogP contribution < -0.4 is 19.6 Å². The Hall–Kier alpha value is -3.88. The summed E-state index contributed by atoms with van der Waals surface area (Å²) in [6.45, 7) is 1.28. The van der Waals surface area contributed by atoms with Crippen LogP contribution in [-0.2, 0) is 4.79 Å². The summed E-state index contributed by atoms with van der Waals surface area (Å²) in [6.07, 6.45) is 2.99. The van der Waals surface area contributed by atoms with Crippen molar-refractivity contribution < 1.29 is 23.8 Å². The summed E-state index contributed by atoms with van der Waals surface area (Å²) in [5.41, 5.74) is 5.00. The maximum absolute atomic E-state index is 12.3. The highest BCUT2D eigenvalue weighted by molar-refractivity contribution is 5.97. The molecule has 1 amide bonds. The highest BCUT2D eigenvalue weighted by Crippen LogP contribution is 2.38. The van der Waals surface area contributed by atoms with Crippen LogP contribution in [0, 0.1) is 0 Å². The van der Waals surface area contributed by atoms with E-state index in [1.807, 2.05) is 0 Å². The van der Waals surface area contributed by atoms with Gasteiger partial charge in [0.1, 0.15) is 0 Å². The van der Waals surface area contributed by atoms with Crippen molar-refractivity contribution in [1.29, 1.82) is 0 Å².